The number of halogens is 3. The fourth-order valence-corrected chi connectivity index (χ4v) is 3.20. The highest BCUT2D eigenvalue weighted by Gasteiger charge is 2.33. The molecule has 0 unspecified atom stereocenters. The van der Waals surface area contributed by atoms with Crippen molar-refractivity contribution in [1.29, 1.82) is 0 Å². The van der Waals surface area contributed by atoms with E-state index in [0.717, 1.165) is 37.1 Å². The number of piperidine rings is 1. The van der Waals surface area contributed by atoms with Gasteiger partial charge < -0.3 is 10.6 Å². The topological polar surface area (TPSA) is 44.9 Å². The third kappa shape index (κ3) is 4.41. The molecule has 1 fully saturated rings. The van der Waals surface area contributed by atoms with Gasteiger partial charge in [0.25, 0.3) is 0 Å². The first kappa shape index (κ1) is 18.6. The average molecular weight is 342 g/mol. The molecule has 134 valence electrons. The summed E-state index contributed by atoms with van der Waals surface area (Å²) in [5.41, 5.74) is 6.14. The van der Waals surface area contributed by atoms with Crippen LogP contribution in [0.5, 0.6) is 0 Å². The second-order valence-corrected chi connectivity index (χ2v) is 6.54. The van der Waals surface area contributed by atoms with Crippen molar-refractivity contribution in [3.05, 3.63) is 35.4 Å². The number of guanidine groups is 1. The summed E-state index contributed by atoms with van der Waals surface area (Å²) in [5.74, 6) is 0.702. The molecule has 1 heterocycles. The lowest BCUT2D eigenvalue weighted by Crippen LogP contribution is -2.38. The summed E-state index contributed by atoms with van der Waals surface area (Å²) < 4.78 is 38.3. The summed E-state index contributed by atoms with van der Waals surface area (Å²) in [5, 5.41) is 0. The van der Waals surface area contributed by atoms with Gasteiger partial charge in [0.1, 0.15) is 0 Å². The lowest BCUT2D eigenvalue weighted by molar-refractivity contribution is -0.137. The van der Waals surface area contributed by atoms with E-state index in [1.54, 1.807) is 17.0 Å². The minimum atomic E-state index is -4.30. The van der Waals surface area contributed by atoms with E-state index < -0.39 is 11.7 Å². The quantitative estimate of drug-likeness (QED) is 0.678. The van der Waals surface area contributed by atoms with Crippen molar-refractivity contribution >= 4 is 5.96 Å². The Hall–Kier alpha value is -1.76. The number of hydrogen-bond donors (Lipinski definition) is 1. The molecule has 1 aromatic rings. The SMILES string of the molecule is CN(C)C(N)=NC[C@@H]1CCCN(C)[C@H]1c1ccc(C(F)(F)F)cc1. The van der Waals surface area contributed by atoms with Crippen molar-refractivity contribution in [3.8, 4) is 0 Å². The standard InChI is InChI=1S/C17H25F3N4/c1-23(2)16(21)22-11-13-5-4-10-24(3)15(13)12-6-8-14(9-7-12)17(18,19)20/h6-9,13,15H,4-5,10-11H2,1-3H3,(H2,21,22)/t13-,15-/m0/s1. The molecule has 1 aliphatic rings. The number of likely N-dealkylation sites (tertiary alicyclic amines) is 1. The molecule has 7 heteroatoms. The molecule has 0 spiro atoms. The van der Waals surface area contributed by atoms with Gasteiger partial charge in [0, 0.05) is 26.7 Å². The second-order valence-electron chi connectivity index (χ2n) is 6.54. The van der Waals surface area contributed by atoms with Crippen molar-refractivity contribution in [2.75, 3.05) is 34.2 Å². The van der Waals surface area contributed by atoms with Crippen LogP contribution in [0.2, 0.25) is 0 Å². The molecule has 1 saturated heterocycles. The van der Waals surface area contributed by atoms with E-state index in [2.05, 4.69) is 9.89 Å². The van der Waals surface area contributed by atoms with Crippen molar-refractivity contribution in [3.63, 3.8) is 0 Å². The van der Waals surface area contributed by atoms with E-state index in [1.807, 2.05) is 21.1 Å². The molecule has 1 aliphatic heterocycles. The van der Waals surface area contributed by atoms with Crippen LogP contribution in [-0.2, 0) is 6.18 Å². The first-order chi connectivity index (χ1) is 11.2. The van der Waals surface area contributed by atoms with E-state index >= 15 is 0 Å². The van der Waals surface area contributed by atoms with Crippen molar-refractivity contribution < 1.29 is 13.2 Å². The number of hydrogen-bond acceptors (Lipinski definition) is 2. The number of nitrogens with zero attached hydrogens (tertiary/aromatic N) is 3. The Bertz CT molecular complexity index is 566. The molecule has 2 rings (SSSR count). The van der Waals surface area contributed by atoms with Gasteiger partial charge in [0.15, 0.2) is 5.96 Å². The Kier molecular flexibility index (Phi) is 5.74. The fraction of sp³-hybridized carbons (Fsp3) is 0.588. The predicted octanol–water partition coefficient (Wildman–Crippen LogP) is 2.96. The molecule has 2 N–H and O–H groups in total. The molecule has 24 heavy (non-hydrogen) atoms. The third-order valence-corrected chi connectivity index (χ3v) is 4.53. The lowest BCUT2D eigenvalue weighted by atomic mass is 9.84. The highest BCUT2D eigenvalue weighted by Crippen LogP contribution is 2.37. The van der Waals surface area contributed by atoms with Gasteiger partial charge in [0.2, 0.25) is 0 Å². The van der Waals surface area contributed by atoms with Gasteiger partial charge in [-0.3, -0.25) is 9.89 Å². The van der Waals surface area contributed by atoms with Crippen LogP contribution in [0, 0.1) is 5.92 Å². The van der Waals surface area contributed by atoms with Crippen LogP contribution in [0.1, 0.15) is 30.0 Å². The highest BCUT2D eigenvalue weighted by molar-refractivity contribution is 5.77. The summed E-state index contributed by atoms with van der Waals surface area (Å²) in [6, 6.07) is 5.54. The van der Waals surface area contributed by atoms with Crippen LogP contribution in [0.25, 0.3) is 0 Å². The van der Waals surface area contributed by atoms with E-state index in [9.17, 15) is 13.2 Å². The Morgan fingerprint density at radius 1 is 1.29 bits per heavy atom. The van der Waals surface area contributed by atoms with Gasteiger partial charge in [-0.05, 0) is 50.0 Å². The lowest BCUT2D eigenvalue weighted by Gasteiger charge is -2.39. The van der Waals surface area contributed by atoms with Crippen molar-refractivity contribution in [2.45, 2.75) is 25.1 Å². The zero-order valence-electron chi connectivity index (χ0n) is 14.3. The summed E-state index contributed by atoms with van der Waals surface area (Å²) in [4.78, 5) is 8.37. The zero-order valence-corrected chi connectivity index (χ0v) is 14.3. The molecule has 0 bridgehead atoms. The van der Waals surface area contributed by atoms with E-state index in [0.29, 0.717) is 12.5 Å². The van der Waals surface area contributed by atoms with Crippen LogP contribution in [0.3, 0.4) is 0 Å². The van der Waals surface area contributed by atoms with Crippen LogP contribution >= 0.6 is 0 Å². The first-order valence-corrected chi connectivity index (χ1v) is 8.05. The van der Waals surface area contributed by atoms with Gasteiger partial charge in [-0.2, -0.15) is 13.2 Å². The minimum absolute atomic E-state index is 0.0553. The van der Waals surface area contributed by atoms with Crippen LogP contribution in [0.4, 0.5) is 13.2 Å². The average Bonchev–Trinajstić information content (AvgIpc) is 2.51. The van der Waals surface area contributed by atoms with Gasteiger partial charge in [-0.1, -0.05) is 12.1 Å². The Labute approximate surface area is 141 Å². The van der Waals surface area contributed by atoms with Crippen molar-refractivity contribution in [2.24, 2.45) is 16.6 Å². The zero-order chi connectivity index (χ0) is 17.9. The normalized spacial score (nSPS) is 23.3. The molecule has 0 amide bonds. The second kappa shape index (κ2) is 7.42. The Morgan fingerprint density at radius 3 is 2.46 bits per heavy atom. The molecule has 4 nitrogen and oxygen atoms in total. The van der Waals surface area contributed by atoms with Gasteiger partial charge in [-0.25, -0.2) is 0 Å². The largest absolute Gasteiger partial charge is 0.416 e. The van der Waals surface area contributed by atoms with E-state index in [-0.39, 0.29) is 12.0 Å². The molecule has 0 aliphatic carbocycles. The van der Waals surface area contributed by atoms with Gasteiger partial charge in [-0.15, -0.1) is 0 Å². The van der Waals surface area contributed by atoms with Crippen LogP contribution in [-0.4, -0.2) is 50.0 Å². The van der Waals surface area contributed by atoms with Gasteiger partial charge >= 0.3 is 6.18 Å². The van der Waals surface area contributed by atoms with Gasteiger partial charge in [0.05, 0.1) is 5.56 Å². The molecule has 0 radical (unpaired) electrons. The Morgan fingerprint density at radius 2 is 1.92 bits per heavy atom. The summed E-state index contributed by atoms with van der Waals surface area (Å²) >= 11 is 0. The number of alkyl halides is 3. The summed E-state index contributed by atoms with van der Waals surface area (Å²) in [6.07, 6.45) is -2.27. The minimum Gasteiger partial charge on any atom is -0.370 e. The monoisotopic (exact) mass is 342 g/mol. The van der Waals surface area contributed by atoms with E-state index in [1.165, 1.54) is 0 Å². The molecular formula is C17H25F3N4. The molecule has 2 atom stereocenters. The molecule has 0 aromatic heterocycles. The third-order valence-electron chi connectivity index (χ3n) is 4.53. The number of aliphatic imine (C=N–C) groups is 1. The van der Waals surface area contributed by atoms with Crippen LogP contribution in [0.15, 0.2) is 29.3 Å². The van der Waals surface area contributed by atoms with E-state index in [4.69, 9.17) is 5.73 Å². The molecule has 0 saturated carbocycles. The highest BCUT2D eigenvalue weighted by atomic mass is 19.4. The molecular weight excluding hydrogens is 317 g/mol. The molecule has 1 aromatic carbocycles. The predicted molar refractivity (Wildman–Crippen MR) is 89.7 cm³/mol. The summed E-state index contributed by atoms with van der Waals surface area (Å²) in [7, 11) is 5.67. The van der Waals surface area contributed by atoms with Crippen molar-refractivity contribution in [1.82, 2.24) is 9.80 Å². The first-order valence-electron chi connectivity index (χ1n) is 8.05. The smallest absolute Gasteiger partial charge is 0.370 e. The maximum Gasteiger partial charge on any atom is 0.416 e. The number of rotatable bonds is 3. The maximum absolute atomic E-state index is 12.8. The number of benzene rings is 1. The summed E-state index contributed by atoms with van der Waals surface area (Å²) in [6.45, 7) is 1.50. The maximum atomic E-state index is 12.8. The fourth-order valence-electron chi connectivity index (χ4n) is 3.20. The number of nitrogens with two attached hydrogens (primary N) is 1. The van der Waals surface area contributed by atoms with Crippen LogP contribution < -0.4 is 5.73 Å². The Balaban J connectivity index is 2.21.